The first kappa shape index (κ1) is 20.5. The zero-order chi connectivity index (χ0) is 20.9. The molecule has 0 aromatic carbocycles. The molecule has 1 spiro atoms. The standard InChI is InChI=1S/C27H45NO2/c1-16-7-12-27(28-15-16)17(2)24-23(30-27)14-22-20-6-5-18-13-19(29)8-10-25(18,3)21(20)9-11-26(22,24)4/h16-24,28-29H,5-15H2,1-4H3/t16?,17-,18?,19-,20+,21?,22?,23?,24?,25-,26-,27?/m0/s1. The van der Waals surface area contributed by atoms with Gasteiger partial charge in [0, 0.05) is 12.5 Å². The second-order valence-corrected chi connectivity index (χ2v) is 13.3. The average Bonchev–Trinajstić information content (AvgIpc) is 3.16. The maximum atomic E-state index is 10.3. The van der Waals surface area contributed by atoms with Crippen molar-refractivity contribution in [1.29, 1.82) is 0 Å². The van der Waals surface area contributed by atoms with Crippen molar-refractivity contribution in [1.82, 2.24) is 5.32 Å². The van der Waals surface area contributed by atoms with E-state index in [0.717, 1.165) is 54.9 Å². The third-order valence-electron chi connectivity index (χ3n) is 12.1. The normalized spacial score (nSPS) is 62.5. The summed E-state index contributed by atoms with van der Waals surface area (Å²) in [5, 5.41) is 14.2. The largest absolute Gasteiger partial charge is 0.393 e. The molecule has 30 heavy (non-hydrogen) atoms. The van der Waals surface area contributed by atoms with E-state index in [1.165, 1.54) is 51.4 Å². The van der Waals surface area contributed by atoms with Crippen molar-refractivity contribution in [3.05, 3.63) is 0 Å². The van der Waals surface area contributed by atoms with E-state index in [1.54, 1.807) is 0 Å². The molecule has 2 heterocycles. The summed E-state index contributed by atoms with van der Waals surface area (Å²) in [4.78, 5) is 0. The summed E-state index contributed by atoms with van der Waals surface area (Å²) < 4.78 is 7.01. The van der Waals surface area contributed by atoms with Gasteiger partial charge in [-0.05, 0) is 111 Å². The molecule has 6 fully saturated rings. The fourth-order valence-electron chi connectivity index (χ4n) is 10.4. The molecule has 0 bridgehead atoms. The van der Waals surface area contributed by atoms with Crippen molar-refractivity contribution in [3.8, 4) is 0 Å². The number of hydrogen-bond donors (Lipinski definition) is 2. The quantitative estimate of drug-likeness (QED) is 0.559. The van der Waals surface area contributed by atoms with Gasteiger partial charge in [0.05, 0.1) is 12.2 Å². The molecular formula is C27H45NO2. The Hall–Kier alpha value is -0.120. The Labute approximate surface area is 184 Å². The van der Waals surface area contributed by atoms with Gasteiger partial charge in [-0.2, -0.15) is 0 Å². The van der Waals surface area contributed by atoms with Crippen molar-refractivity contribution < 1.29 is 9.84 Å². The van der Waals surface area contributed by atoms with E-state index in [9.17, 15) is 5.11 Å². The van der Waals surface area contributed by atoms with E-state index in [0.29, 0.717) is 22.9 Å². The number of hydrogen-bond acceptors (Lipinski definition) is 3. The Bertz CT molecular complexity index is 686. The lowest BCUT2D eigenvalue weighted by Crippen LogP contribution is -2.57. The van der Waals surface area contributed by atoms with E-state index in [1.807, 2.05) is 0 Å². The fourth-order valence-corrected chi connectivity index (χ4v) is 10.4. The monoisotopic (exact) mass is 415 g/mol. The van der Waals surface area contributed by atoms with Crippen LogP contribution in [0.25, 0.3) is 0 Å². The molecule has 2 aliphatic heterocycles. The number of ether oxygens (including phenoxy) is 1. The van der Waals surface area contributed by atoms with Crippen LogP contribution in [0, 0.1) is 52.3 Å². The van der Waals surface area contributed by atoms with Crippen molar-refractivity contribution in [2.24, 2.45) is 52.3 Å². The van der Waals surface area contributed by atoms with Gasteiger partial charge >= 0.3 is 0 Å². The first-order chi connectivity index (χ1) is 14.3. The number of rotatable bonds is 0. The van der Waals surface area contributed by atoms with Crippen LogP contribution in [-0.2, 0) is 4.74 Å². The van der Waals surface area contributed by atoms with Gasteiger partial charge in [0.1, 0.15) is 5.72 Å². The Morgan fingerprint density at radius 2 is 1.67 bits per heavy atom. The van der Waals surface area contributed by atoms with E-state index in [4.69, 9.17) is 4.74 Å². The van der Waals surface area contributed by atoms with E-state index < -0.39 is 0 Å². The van der Waals surface area contributed by atoms with Crippen molar-refractivity contribution in [3.63, 3.8) is 0 Å². The molecule has 170 valence electrons. The topological polar surface area (TPSA) is 41.5 Å². The summed E-state index contributed by atoms with van der Waals surface area (Å²) in [5.41, 5.74) is 0.919. The Morgan fingerprint density at radius 1 is 0.867 bits per heavy atom. The summed E-state index contributed by atoms with van der Waals surface area (Å²) in [6.45, 7) is 11.3. The van der Waals surface area contributed by atoms with Crippen LogP contribution < -0.4 is 5.32 Å². The maximum Gasteiger partial charge on any atom is 0.122 e. The van der Waals surface area contributed by atoms with Crippen molar-refractivity contribution in [2.45, 2.75) is 110 Å². The number of piperidine rings is 1. The zero-order valence-electron chi connectivity index (χ0n) is 19.8. The minimum Gasteiger partial charge on any atom is -0.393 e. The number of aliphatic hydroxyl groups is 1. The molecule has 2 saturated heterocycles. The number of fused-ring (bicyclic) bond motifs is 7. The van der Waals surface area contributed by atoms with Gasteiger partial charge in [-0.15, -0.1) is 0 Å². The Morgan fingerprint density at radius 3 is 2.43 bits per heavy atom. The summed E-state index contributed by atoms with van der Waals surface area (Å²) in [6, 6.07) is 0. The highest BCUT2D eigenvalue weighted by Gasteiger charge is 2.68. The molecule has 4 aliphatic carbocycles. The van der Waals surface area contributed by atoms with Crippen LogP contribution in [0.2, 0.25) is 0 Å². The van der Waals surface area contributed by atoms with Crippen molar-refractivity contribution >= 4 is 0 Å². The molecule has 0 amide bonds. The van der Waals surface area contributed by atoms with Crippen molar-refractivity contribution in [2.75, 3.05) is 6.54 Å². The Balaban J connectivity index is 1.26. The third-order valence-corrected chi connectivity index (χ3v) is 12.1. The van der Waals surface area contributed by atoms with Gasteiger partial charge in [-0.1, -0.05) is 27.7 Å². The second kappa shape index (κ2) is 6.70. The molecule has 4 saturated carbocycles. The molecule has 3 nitrogen and oxygen atoms in total. The lowest BCUT2D eigenvalue weighted by atomic mass is 9.44. The van der Waals surface area contributed by atoms with Crippen LogP contribution in [-0.4, -0.2) is 29.6 Å². The van der Waals surface area contributed by atoms with Gasteiger partial charge in [0.25, 0.3) is 0 Å². The molecule has 12 atom stereocenters. The van der Waals surface area contributed by atoms with Gasteiger partial charge in [-0.25, -0.2) is 0 Å². The minimum atomic E-state index is -0.0320. The summed E-state index contributed by atoms with van der Waals surface area (Å²) in [6.07, 6.45) is 13.2. The minimum absolute atomic E-state index is 0.0319. The predicted octanol–water partition coefficient (Wildman–Crippen LogP) is 5.37. The predicted molar refractivity (Wildman–Crippen MR) is 120 cm³/mol. The zero-order valence-corrected chi connectivity index (χ0v) is 19.8. The molecular weight excluding hydrogens is 370 g/mol. The lowest BCUT2D eigenvalue weighted by Gasteiger charge is -2.61. The summed E-state index contributed by atoms with van der Waals surface area (Å²) >= 11 is 0. The molecule has 2 N–H and O–H groups in total. The van der Waals surface area contributed by atoms with E-state index in [-0.39, 0.29) is 11.8 Å². The average molecular weight is 416 g/mol. The molecule has 0 aromatic rings. The Kier molecular flexibility index (Phi) is 4.58. The highest BCUT2D eigenvalue weighted by Crippen LogP contribution is 2.71. The number of nitrogens with one attached hydrogen (secondary N) is 1. The number of aliphatic hydroxyl groups excluding tert-OH is 1. The highest BCUT2D eigenvalue weighted by atomic mass is 16.5. The molecule has 7 unspecified atom stereocenters. The van der Waals surface area contributed by atoms with Crippen LogP contribution in [0.15, 0.2) is 0 Å². The molecule has 0 radical (unpaired) electrons. The van der Waals surface area contributed by atoms with E-state index >= 15 is 0 Å². The van der Waals surface area contributed by atoms with Gasteiger partial charge in [-0.3, -0.25) is 5.32 Å². The first-order valence-corrected chi connectivity index (χ1v) is 13.4. The smallest absolute Gasteiger partial charge is 0.122 e. The first-order valence-electron chi connectivity index (χ1n) is 13.4. The van der Waals surface area contributed by atoms with Gasteiger partial charge in [0.15, 0.2) is 0 Å². The van der Waals surface area contributed by atoms with Crippen LogP contribution >= 0.6 is 0 Å². The van der Waals surface area contributed by atoms with E-state index in [2.05, 4.69) is 33.0 Å². The van der Waals surface area contributed by atoms with Crippen LogP contribution in [0.4, 0.5) is 0 Å². The lowest BCUT2D eigenvalue weighted by molar-refractivity contribution is -0.140. The molecule has 3 heteroatoms. The van der Waals surface area contributed by atoms with Gasteiger partial charge < -0.3 is 9.84 Å². The third kappa shape index (κ3) is 2.61. The summed E-state index contributed by atoms with van der Waals surface area (Å²) in [7, 11) is 0. The fraction of sp³-hybridized carbons (Fsp3) is 1.00. The van der Waals surface area contributed by atoms with Crippen LogP contribution in [0.1, 0.15) is 91.9 Å². The van der Waals surface area contributed by atoms with Gasteiger partial charge in [0.2, 0.25) is 0 Å². The molecule has 6 rings (SSSR count). The molecule has 0 aromatic heterocycles. The maximum absolute atomic E-state index is 10.3. The highest BCUT2D eigenvalue weighted by molar-refractivity contribution is 5.16. The second-order valence-electron chi connectivity index (χ2n) is 13.3. The van der Waals surface area contributed by atoms with Crippen LogP contribution in [0.5, 0.6) is 0 Å². The molecule has 6 aliphatic rings. The summed E-state index contributed by atoms with van der Waals surface area (Å²) in [5.74, 6) is 5.57. The SMILES string of the molecule is CC1CCC2(NC1)OC1CC3[C@@H]4CCC5C[C@@H](O)CC[C@]5(C)C4CC[C@]3(C)C1[C@@H]2C. The van der Waals surface area contributed by atoms with Crippen LogP contribution in [0.3, 0.4) is 0 Å².